The Morgan fingerprint density at radius 3 is 2.71 bits per heavy atom. The van der Waals surface area contributed by atoms with Crippen LogP contribution in [0, 0.1) is 0 Å². The zero-order valence-electron chi connectivity index (χ0n) is 12.4. The number of nitrogens with zero attached hydrogens (tertiary/aromatic N) is 3. The zero-order valence-corrected chi connectivity index (χ0v) is 13.2. The van der Waals surface area contributed by atoms with Crippen LogP contribution in [0.4, 0.5) is 0 Å². The number of hydrogen-bond donors (Lipinski definition) is 0. The van der Waals surface area contributed by atoms with Crippen molar-refractivity contribution in [3.8, 4) is 0 Å². The van der Waals surface area contributed by atoms with Gasteiger partial charge in [0.05, 0.1) is 16.6 Å². The van der Waals surface area contributed by atoms with Gasteiger partial charge in [-0.15, -0.1) is 0 Å². The van der Waals surface area contributed by atoms with E-state index in [2.05, 4.69) is 11.9 Å². The van der Waals surface area contributed by atoms with Gasteiger partial charge >= 0.3 is 0 Å². The number of rotatable bonds is 3. The first-order chi connectivity index (χ1) is 10.2. The van der Waals surface area contributed by atoms with E-state index in [9.17, 15) is 4.79 Å². The molecule has 0 amide bonds. The summed E-state index contributed by atoms with van der Waals surface area (Å²) in [6.45, 7) is 2.11. The van der Waals surface area contributed by atoms with Crippen LogP contribution in [0.15, 0.2) is 34.2 Å². The number of pyridine rings is 1. The van der Waals surface area contributed by atoms with Gasteiger partial charge in [-0.25, -0.2) is 4.98 Å². The molecule has 0 saturated carbocycles. The van der Waals surface area contributed by atoms with Gasteiger partial charge in [0.1, 0.15) is 5.52 Å². The normalized spacial score (nSPS) is 11.4. The predicted octanol–water partition coefficient (Wildman–Crippen LogP) is 3.16. The van der Waals surface area contributed by atoms with Crippen molar-refractivity contribution in [1.82, 2.24) is 14.5 Å². The summed E-state index contributed by atoms with van der Waals surface area (Å²) in [6, 6.07) is 7.79. The van der Waals surface area contributed by atoms with Crippen molar-refractivity contribution < 1.29 is 0 Å². The van der Waals surface area contributed by atoms with Crippen LogP contribution < -0.4 is 5.56 Å². The first kappa shape index (κ1) is 14.1. The van der Waals surface area contributed by atoms with Crippen molar-refractivity contribution in [1.29, 1.82) is 0 Å². The molecule has 2 heterocycles. The molecule has 4 nitrogen and oxygen atoms in total. The van der Waals surface area contributed by atoms with E-state index < -0.39 is 0 Å². The second-order valence-corrected chi connectivity index (χ2v) is 5.79. The van der Waals surface area contributed by atoms with Gasteiger partial charge in [-0.05, 0) is 18.7 Å². The maximum atomic E-state index is 12.8. The Labute approximate surface area is 127 Å². The van der Waals surface area contributed by atoms with Crippen molar-refractivity contribution in [2.45, 2.75) is 24.9 Å². The first-order valence-corrected chi connectivity index (χ1v) is 8.22. The van der Waals surface area contributed by atoms with Gasteiger partial charge in [-0.1, -0.05) is 43.3 Å². The molecule has 1 aromatic carbocycles. The molecule has 3 rings (SSSR count). The maximum absolute atomic E-state index is 12.8. The van der Waals surface area contributed by atoms with Crippen molar-refractivity contribution in [3.05, 3.63) is 40.3 Å². The smallest absolute Gasteiger partial charge is 0.262 e. The maximum Gasteiger partial charge on any atom is 0.262 e. The Balaban J connectivity index is 2.56. The number of fused-ring (bicyclic) bond motifs is 3. The van der Waals surface area contributed by atoms with E-state index >= 15 is 0 Å². The summed E-state index contributed by atoms with van der Waals surface area (Å²) in [4.78, 5) is 22.2. The fourth-order valence-corrected chi connectivity index (χ4v) is 3.15. The molecule has 21 heavy (non-hydrogen) atoms. The van der Waals surface area contributed by atoms with Gasteiger partial charge < -0.3 is 0 Å². The lowest BCUT2D eigenvalue weighted by molar-refractivity contribution is 0.725. The Morgan fingerprint density at radius 2 is 2.00 bits per heavy atom. The summed E-state index contributed by atoms with van der Waals surface area (Å²) in [5.74, 6) is 0. The molecule has 0 aliphatic heterocycles. The molecular formula is C16H17N3OS. The summed E-state index contributed by atoms with van der Waals surface area (Å²) in [6.07, 6.45) is 3.74. The molecule has 2 aromatic heterocycles. The van der Waals surface area contributed by atoms with E-state index in [4.69, 9.17) is 4.98 Å². The molecular weight excluding hydrogens is 282 g/mol. The van der Waals surface area contributed by atoms with Crippen molar-refractivity contribution >= 4 is 33.6 Å². The highest BCUT2D eigenvalue weighted by molar-refractivity contribution is 7.98. The molecule has 5 heteroatoms. The lowest BCUT2D eigenvalue weighted by Crippen LogP contribution is -2.21. The number of thioether (sulfide) groups is 1. The molecule has 0 bridgehead atoms. The van der Waals surface area contributed by atoms with Crippen molar-refractivity contribution in [3.63, 3.8) is 0 Å². The molecule has 0 aliphatic carbocycles. The molecule has 0 fully saturated rings. The first-order valence-electron chi connectivity index (χ1n) is 6.99. The van der Waals surface area contributed by atoms with Crippen LogP contribution in [0.25, 0.3) is 21.8 Å². The van der Waals surface area contributed by atoms with Crippen LogP contribution in [0.3, 0.4) is 0 Å². The van der Waals surface area contributed by atoms with Gasteiger partial charge in [0.15, 0.2) is 5.16 Å². The van der Waals surface area contributed by atoms with E-state index in [1.165, 1.54) is 11.8 Å². The summed E-state index contributed by atoms with van der Waals surface area (Å²) >= 11 is 1.48. The zero-order chi connectivity index (χ0) is 15.0. The fraction of sp³-hybridized carbons (Fsp3) is 0.312. The lowest BCUT2D eigenvalue weighted by atomic mass is 10.1. The molecule has 3 aromatic rings. The molecule has 0 N–H and O–H groups in total. The second-order valence-electron chi connectivity index (χ2n) is 5.01. The highest BCUT2D eigenvalue weighted by atomic mass is 32.2. The Kier molecular flexibility index (Phi) is 3.68. The minimum atomic E-state index is 0.000281. The molecule has 0 radical (unpaired) electrons. The van der Waals surface area contributed by atoms with Crippen LogP contribution >= 0.6 is 11.8 Å². The number of hydrogen-bond acceptors (Lipinski definition) is 4. The molecule has 0 saturated heterocycles. The highest BCUT2D eigenvalue weighted by Gasteiger charge is 2.15. The SMILES string of the molecule is CCCc1nc2ccccc2c2c(=O)n(C)c(SC)nc12. The molecule has 0 spiro atoms. The fourth-order valence-electron chi connectivity index (χ4n) is 2.61. The lowest BCUT2D eigenvalue weighted by Gasteiger charge is -2.11. The van der Waals surface area contributed by atoms with Gasteiger partial charge in [-0.3, -0.25) is 14.3 Å². The van der Waals surface area contributed by atoms with Gasteiger partial charge in [0.25, 0.3) is 5.56 Å². The highest BCUT2D eigenvalue weighted by Crippen LogP contribution is 2.25. The molecule has 0 aliphatic rings. The Bertz CT molecular complexity index is 886. The molecule has 108 valence electrons. The van der Waals surface area contributed by atoms with Gasteiger partial charge in [0, 0.05) is 12.4 Å². The summed E-state index contributed by atoms with van der Waals surface area (Å²) in [5, 5.41) is 2.29. The topological polar surface area (TPSA) is 47.8 Å². The monoisotopic (exact) mass is 299 g/mol. The number of benzene rings is 1. The Morgan fingerprint density at radius 1 is 1.24 bits per heavy atom. The number of aromatic nitrogens is 3. The average Bonchev–Trinajstić information content (AvgIpc) is 2.50. The predicted molar refractivity (Wildman–Crippen MR) is 88.1 cm³/mol. The van der Waals surface area contributed by atoms with Gasteiger partial charge in [-0.2, -0.15) is 0 Å². The minimum absolute atomic E-state index is 0.000281. The van der Waals surface area contributed by atoms with E-state index in [-0.39, 0.29) is 5.56 Å². The summed E-state index contributed by atoms with van der Waals surface area (Å²) < 4.78 is 1.62. The summed E-state index contributed by atoms with van der Waals surface area (Å²) in [7, 11) is 1.77. The van der Waals surface area contributed by atoms with E-state index in [1.54, 1.807) is 11.6 Å². The standard InChI is InChI=1S/C16H17N3OS/c1-4-7-12-14-13(10-8-5-6-9-11(10)17-12)15(20)19(2)16(18-14)21-3/h5-6,8-9H,4,7H2,1-3H3. The van der Waals surface area contributed by atoms with Crippen LogP contribution in [0.5, 0.6) is 0 Å². The van der Waals surface area contributed by atoms with E-state index in [1.807, 2.05) is 30.5 Å². The molecule has 0 unspecified atom stereocenters. The quantitative estimate of drug-likeness (QED) is 0.423. The van der Waals surface area contributed by atoms with E-state index in [0.717, 1.165) is 40.1 Å². The largest absolute Gasteiger partial charge is 0.290 e. The third-order valence-corrected chi connectivity index (χ3v) is 4.35. The van der Waals surface area contributed by atoms with Crippen LogP contribution in [0.1, 0.15) is 19.0 Å². The average molecular weight is 299 g/mol. The number of para-hydroxylation sites is 1. The van der Waals surface area contributed by atoms with E-state index in [0.29, 0.717) is 5.39 Å². The Hall–Kier alpha value is -1.88. The van der Waals surface area contributed by atoms with Crippen LogP contribution in [-0.4, -0.2) is 20.8 Å². The third-order valence-electron chi connectivity index (χ3n) is 3.62. The van der Waals surface area contributed by atoms with Crippen molar-refractivity contribution in [2.75, 3.05) is 6.26 Å². The van der Waals surface area contributed by atoms with Crippen LogP contribution in [-0.2, 0) is 13.5 Å². The van der Waals surface area contributed by atoms with Crippen LogP contribution in [0.2, 0.25) is 0 Å². The van der Waals surface area contributed by atoms with Gasteiger partial charge in [0.2, 0.25) is 0 Å². The summed E-state index contributed by atoms with van der Waals surface area (Å²) in [5.41, 5.74) is 2.53. The van der Waals surface area contributed by atoms with Crippen molar-refractivity contribution in [2.24, 2.45) is 7.05 Å². The minimum Gasteiger partial charge on any atom is -0.290 e. The third kappa shape index (κ3) is 2.21. The second kappa shape index (κ2) is 5.48. The number of aryl methyl sites for hydroxylation is 1. The molecule has 0 atom stereocenters.